The second-order valence-electron chi connectivity index (χ2n) is 3.15. The van der Waals surface area contributed by atoms with Crippen LogP contribution in [0.1, 0.15) is 0 Å². The van der Waals surface area contributed by atoms with Gasteiger partial charge in [-0.15, -0.1) is 0 Å². The van der Waals surface area contributed by atoms with Crippen molar-refractivity contribution < 1.29 is 78.8 Å². The van der Waals surface area contributed by atoms with Crippen LogP contribution in [0, 0.1) is 23.3 Å². The van der Waals surface area contributed by atoms with Crippen molar-refractivity contribution in [3.05, 3.63) is 59.7 Å². The zero-order valence-corrected chi connectivity index (χ0v) is 14.1. The van der Waals surface area contributed by atoms with Gasteiger partial charge >= 0.3 is 26.2 Å². The summed E-state index contributed by atoms with van der Waals surface area (Å²) in [6, 6.07) is 6.50. The third kappa shape index (κ3) is 7.69. The number of phenolic OH excluding ortho intramolecular Hbond substituents is 2. The van der Waals surface area contributed by atoms with E-state index in [-0.39, 0.29) is 51.0 Å². The van der Waals surface area contributed by atoms with E-state index >= 15 is 0 Å². The molecule has 2 N–H and O–H groups in total. The van der Waals surface area contributed by atoms with Gasteiger partial charge in [-0.2, -0.15) is 8.78 Å². The maximum absolute atomic E-state index is 12.1. The molecule has 9 heteroatoms. The molecule has 0 radical (unpaired) electrons. The molecule has 2 rings (SSSR count). The van der Waals surface area contributed by atoms with E-state index in [1.54, 1.807) is 0 Å². The molecular weight excluding hydrogens is 414 g/mol. The molecule has 0 aliphatic carbocycles. The molecule has 0 aromatic heterocycles. The van der Waals surface area contributed by atoms with E-state index in [1.807, 2.05) is 0 Å². The molecule has 21 heavy (non-hydrogen) atoms. The summed E-state index contributed by atoms with van der Waals surface area (Å²) in [7, 11) is 0. The fraction of sp³-hybridized carbons (Fsp3) is 0. The monoisotopic (exact) mass is 420 g/mol. The van der Waals surface area contributed by atoms with Crippen molar-refractivity contribution in [1.29, 1.82) is 0 Å². The van der Waals surface area contributed by atoms with Crippen LogP contribution in [0.15, 0.2) is 36.4 Å². The second-order valence-corrected chi connectivity index (χ2v) is 3.15. The second kappa shape index (κ2) is 11.8. The third-order valence-electron chi connectivity index (χ3n) is 1.86. The minimum absolute atomic E-state index is 0. The van der Waals surface area contributed by atoms with E-state index in [4.69, 9.17) is 10.2 Å². The smallest absolute Gasteiger partial charge is 1.00 e. The summed E-state index contributed by atoms with van der Waals surface area (Å²) in [4.78, 5) is 0. The average Bonchev–Trinajstić information content (AvgIpc) is 2.34. The molecule has 0 saturated carbocycles. The predicted octanol–water partition coefficient (Wildman–Crippen LogP) is -2.65. The number of phenols is 2. The van der Waals surface area contributed by atoms with Crippen molar-refractivity contribution >= 4 is 0 Å². The fourth-order valence-corrected chi connectivity index (χ4v) is 0.985. The molecular formula is C12H8Cl2F4O2Zr. The van der Waals surface area contributed by atoms with Crippen LogP contribution >= 0.6 is 0 Å². The van der Waals surface area contributed by atoms with Crippen molar-refractivity contribution in [3.8, 4) is 11.5 Å². The average molecular weight is 422 g/mol. The molecule has 0 saturated heterocycles. The first kappa shape index (κ1) is 25.2. The van der Waals surface area contributed by atoms with Gasteiger partial charge in [-0.1, -0.05) is 12.1 Å². The van der Waals surface area contributed by atoms with E-state index in [0.29, 0.717) is 0 Å². The van der Waals surface area contributed by atoms with E-state index in [9.17, 15) is 17.6 Å². The first-order valence-corrected chi connectivity index (χ1v) is 4.69. The molecule has 0 bridgehead atoms. The Balaban J connectivity index is -0.000000270. The summed E-state index contributed by atoms with van der Waals surface area (Å²) in [6.07, 6.45) is 0. The van der Waals surface area contributed by atoms with Gasteiger partial charge in [0.1, 0.15) is 0 Å². The molecule has 0 amide bonds. The number of hydrogen-bond acceptors (Lipinski definition) is 2. The molecule has 2 nitrogen and oxygen atoms in total. The maximum atomic E-state index is 12.1. The Kier molecular flexibility index (Phi) is 14.2. The molecule has 0 aliphatic heterocycles. The Hall–Kier alpha value is -0.777. The van der Waals surface area contributed by atoms with Crippen LogP contribution in [0.2, 0.25) is 0 Å². The van der Waals surface area contributed by atoms with Crippen molar-refractivity contribution in [3.63, 3.8) is 0 Å². The van der Waals surface area contributed by atoms with Crippen LogP contribution in [0.25, 0.3) is 0 Å². The molecule has 0 unspecified atom stereocenters. The van der Waals surface area contributed by atoms with Gasteiger partial charge in [0.15, 0.2) is 34.8 Å². The van der Waals surface area contributed by atoms with E-state index in [2.05, 4.69) is 0 Å². The van der Waals surface area contributed by atoms with E-state index in [0.717, 1.165) is 24.3 Å². The minimum atomic E-state index is -1.20. The van der Waals surface area contributed by atoms with Crippen molar-refractivity contribution in [1.82, 2.24) is 0 Å². The Morgan fingerprint density at radius 3 is 1.10 bits per heavy atom. The summed E-state index contributed by atoms with van der Waals surface area (Å²) < 4.78 is 48.3. The van der Waals surface area contributed by atoms with Crippen LogP contribution in [0.4, 0.5) is 17.6 Å². The van der Waals surface area contributed by atoms with Crippen LogP contribution in [-0.4, -0.2) is 10.2 Å². The summed E-state index contributed by atoms with van der Waals surface area (Å²) in [5, 5.41) is 17.0. The maximum Gasteiger partial charge on any atom is 2.00 e. The van der Waals surface area contributed by atoms with E-state index in [1.165, 1.54) is 12.1 Å². The SMILES string of the molecule is Oc1cccc(F)c1F.Oc1cccc(F)c1F.[Cl-].[Cl-].[Zr+2]. The molecule has 2 aromatic rings. The molecule has 0 spiro atoms. The molecule has 2 aromatic carbocycles. The van der Waals surface area contributed by atoms with Gasteiger partial charge < -0.3 is 35.0 Å². The van der Waals surface area contributed by atoms with Gasteiger partial charge in [0.25, 0.3) is 0 Å². The standard InChI is InChI=1S/2C6H4F2O.2ClH.Zr/c2*7-4-2-1-3-5(9)6(4)8;;;/h2*1-3,9H;2*1H;/q;;;;+2/p-2. The summed E-state index contributed by atoms with van der Waals surface area (Å²) >= 11 is 0. The van der Waals surface area contributed by atoms with Crippen LogP contribution in [0.3, 0.4) is 0 Å². The van der Waals surface area contributed by atoms with Gasteiger partial charge in [-0.05, 0) is 24.3 Å². The Morgan fingerprint density at radius 1 is 0.619 bits per heavy atom. The Bertz CT molecular complexity index is 469. The molecule has 0 heterocycles. The van der Waals surface area contributed by atoms with Gasteiger partial charge in [0.2, 0.25) is 0 Å². The number of aromatic hydroxyl groups is 2. The summed E-state index contributed by atoms with van der Waals surface area (Å²) in [5.41, 5.74) is 0. The van der Waals surface area contributed by atoms with Crippen molar-refractivity contribution in [2.24, 2.45) is 0 Å². The number of rotatable bonds is 0. The van der Waals surface area contributed by atoms with E-state index < -0.39 is 34.8 Å². The van der Waals surface area contributed by atoms with Gasteiger partial charge in [-0.3, -0.25) is 0 Å². The minimum Gasteiger partial charge on any atom is -1.00 e. The van der Waals surface area contributed by atoms with Gasteiger partial charge in [0.05, 0.1) is 0 Å². The zero-order chi connectivity index (χ0) is 13.7. The fourth-order valence-electron chi connectivity index (χ4n) is 0.985. The van der Waals surface area contributed by atoms with Crippen LogP contribution in [0.5, 0.6) is 11.5 Å². The van der Waals surface area contributed by atoms with Gasteiger partial charge in [0, 0.05) is 0 Å². The number of hydrogen-bond donors (Lipinski definition) is 2. The molecule has 0 fully saturated rings. The van der Waals surface area contributed by atoms with Crippen LogP contribution < -0.4 is 24.8 Å². The Labute approximate surface area is 149 Å². The number of halogens is 6. The summed E-state index contributed by atoms with van der Waals surface area (Å²) in [5.74, 6) is -5.77. The topological polar surface area (TPSA) is 40.5 Å². The first-order valence-electron chi connectivity index (χ1n) is 4.69. The first-order chi connectivity index (χ1) is 8.43. The molecule has 0 atom stereocenters. The molecule has 0 aliphatic rings. The quantitative estimate of drug-likeness (QED) is 0.456. The molecule has 114 valence electrons. The Morgan fingerprint density at radius 2 is 0.905 bits per heavy atom. The largest absolute Gasteiger partial charge is 2.00 e. The number of benzene rings is 2. The van der Waals surface area contributed by atoms with Gasteiger partial charge in [-0.25, -0.2) is 8.78 Å². The zero-order valence-electron chi connectivity index (χ0n) is 10.1. The predicted molar refractivity (Wildman–Crippen MR) is 56.0 cm³/mol. The third-order valence-corrected chi connectivity index (χ3v) is 1.86. The van der Waals surface area contributed by atoms with Crippen LogP contribution in [-0.2, 0) is 26.2 Å². The normalized spacial score (nSPS) is 8.19. The summed E-state index contributed by atoms with van der Waals surface area (Å²) in [6.45, 7) is 0. The van der Waals surface area contributed by atoms with Crippen molar-refractivity contribution in [2.75, 3.05) is 0 Å². The van der Waals surface area contributed by atoms with Crippen molar-refractivity contribution in [2.45, 2.75) is 0 Å².